The standard InChI is InChI=1S/C15H17N3O4S2/c1-18(2)15(21)16-12-11(14(19)20)13(17-24-12)23-8-9-4-6-10(22-3)7-5-9/h4-7H,8H2,1-3H3,(H,16,21)(H,19,20). The van der Waals surface area contributed by atoms with Crippen LogP contribution in [0.3, 0.4) is 0 Å². The molecule has 9 heteroatoms. The van der Waals surface area contributed by atoms with Crippen molar-refractivity contribution in [3.8, 4) is 5.75 Å². The van der Waals surface area contributed by atoms with E-state index < -0.39 is 12.0 Å². The largest absolute Gasteiger partial charge is 0.497 e. The fourth-order valence-electron chi connectivity index (χ4n) is 1.73. The number of aromatic nitrogens is 1. The molecule has 2 N–H and O–H groups in total. The van der Waals surface area contributed by atoms with Crippen LogP contribution in [0.4, 0.5) is 9.80 Å². The zero-order chi connectivity index (χ0) is 17.7. The van der Waals surface area contributed by atoms with Crippen molar-refractivity contribution in [1.29, 1.82) is 0 Å². The van der Waals surface area contributed by atoms with E-state index in [2.05, 4.69) is 9.69 Å². The van der Waals surface area contributed by atoms with E-state index in [0.29, 0.717) is 10.8 Å². The molecule has 0 atom stereocenters. The summed E-state index contributed by atoms with van der Waals surface area (Å²) in [5.41, 5.74) is 1.04. The topological polar surface area (TPSA) is 91.8 Å². The maximum Gasteiger partial charge on any atom is 0.341 e. The average Bonchev–Trinajstić information content (AvgIpc) is 2.96. The number of amides is 2. The molecule has 1 heterocycles. The van der Waals surface area contributed by atoms with Gasteiger partial charge in [-0.3, -0.25) is 5.32 Å². The van der Waals surface area contributed by atoms with Crippen LogP contribution in [0.15, 0.2) is 29.3 Å². The Morgan fingerprint density at radius 2 is 2.00 bits per heavy atom. The molecule has 0 aliphatic heterocycles. The molecule has 1 aromatic carbocycles. The van der Waals surface area contributed by atoms with Crippen LogP contribution in [0.25, 0.3) is 0 Å². The van der Waals surface area contributed by atoms with E-state index >= 15 is 0 Å². The summed E-state index contributed by atoms with van der Waals surface area (Å²) in [6.07, 6.45) is 0. The predicted octanol–water partition coefficient (Wildman–Crippen LogP) is 3.24. The van der Waals surface area contributed by atoms with Crippen molar-refractivity contribution in [3.05, 3.63) is 35.4 Å². The van der Waals surface area contributed by atoms with E-state index in [4.69, 9.17) is 4.74 Å². The third-order valence-corrected chi connectivity index (χ3v) is 4.96. The second-order valence-corrected chi connectivity index (χ2v) is 6.70. The molecule has 0 aliphatic rings. The molecule has 2 rings (SSSR count). The lowest BCUT2D eigenvalue weighted by atomic mass is 10.2. The first-order valence-corrected chi connectivity index (χ1v) is 8.65. The second-order valence-electron chi connectivity index (χ2n) is 4.96. The summed E-state index contributed by atoms with van der Waals surface area (Å²) in [5, 5.41) is 12.6. The highest BCUT2D eigenvalue weighted by Gasteiger charge is 2.22. The molecule has 1 aromatic heterocycles. The molecule has 0 unspecified atom stereocenters. The number of thioether (sulfide) groups is 1. The van der Waals surface area contributed by atoms with Crippen molar-refractivity contribution >= 4 is 40.3 Å². The molecule has 7 nitrogen and oxygen atoms in total. The number of nitrogens with zero attached hydrogens (tertiary/aromatic N) is 2. The third-order valence-electron chi connectivity index (χ3n) is 3.04. The Morgan fingerprint density at radius 1 is 1.33 bits per heavy atom. The lowest BCUT2D eigenvalue weighted by molar-refractivity contribution is 0.0694. The molecular weight excluding hydrogens is 350 g/mol. The van der Waals surface area contributed by atoms with Crippen molar-refractivity contribution in [2.45, 2.75) is 10.8 Å². The summed E-state index contributed by atoms with van der Waals surface area (Å²) in [6.45, 7) is 0. The van der Waals surface area contributed by atoms with Crippen LogP contribution in [0.1, 0.15) is 15.9 Å². The number of carbonyl (C=O) groups excluding carboxylic acids is 1. The smallest absolute Gasteiger partial charge is 0.341 e. The van der Waals surface area contributed by atoms with Gasteiger partial charge < -0.3 is 14.7 Å². The molecule has 24 heavy (non-hydrogen) atoms. The third kappa shape index (κ3) is 4.39. The number of carbonyl (C=O) groups is 2. The summed E-state index contributed by atoms with van der Waals surface area (Å²) in [5.74, 6) is 0.210. The van der Waals surface area contributed by atoms with Crippen molar-refractivity contribution in [1.82, 2.24) is 9.27 Å². The van der Waals surface area contributed by atoms with Crippen LogP contribution in [0.5, 0.6) is 5.75 Å². The SMILES string of the molecule is COc1ccc(CSc2nsc(NC(=O)N(C)C)c2C(=O)O)cc1. The Morgan fingerprint density at radius 3 is 2.54 bits per heavy atom. The maximum atomic E-state index is 11.7. The van der Waals surface area contributed by atoms with Crippen molar-refractivity contribution < 1.29 is 19.4 Å². The van der Waals surface area contributed by atoms with E-state index in [1.54, 1.807) is 21.2 Å². The van der Waals surface area contributed by atoms with Gasteiger partial charge in [0.25, 0.3) is 0 Å². The van der Waals surface area contributed by atoms with Gasteiger partial charge in [0.1, 0.15) is 21.3 Å². The first kappa shape index (κ1) is 18.1. The Bertz CT molecular complexity index is 729. The minimum absolute atomic E-state index is 0.0220. The number of anilines is 1. The molecule has 2 aromatic rings. The van der Waals surface area contributed by atoms with Crippen LogP contribution in [0, 0.1) is 0 Å². The normalized spacial score (nSPS) is 10.3. The molecule has 0 bridgehead atoms. The highest BCUT2D eigenvalue weighted by molar-refractivity contribution is 7.98. The Balaban J connectivity index is 2.13. The van der Waals surface area contributed by atoms with E-state index in [-0.39, 0.29) is 10.6 Å². The predicted molar refractivity (Wildman–Crippen MR) is 94.3 cm³/mol. The summed E-state index contributed by atoms with van der Waals surface area (Å²) in [6, 6.07) is 7.11. The number of benzene rings is 1. The number of hydrogen-bond donors (Lipinski definition) is 2. The van der Waals surface area contributed by atoms with E-state index in [9.17, 15) is 14.7 Å². The number of ether oxygens (including phenoxy) is 1. The van der Waals surface area contributed by atoms with Gasteiger partial charge in [0.15, 0.2) is 0 Å². The van der Waals surface area contributed by atoms with Gasteiger partial charge in [-0.1, -0.05) is 23.9 Å². The first-order valence-electron chi connectivity index (χ1n) is 6.89. The summed E-state index contributed by atoms with van der Waals surface area (Å²) in [7, 11) is 4.76. The van der Waals surface area contributed by atoms with Crippen LogP contribution in [0.2, 0.25) is 0 Å². The number of methoxy groups -OCH3 is 1. The van der Waals surface area contributed by atoms with Crippen LogP contribution >= 0.6 is 23.3 Å². The number of carboxylic acid groups (broad SMARTS) is 1. The second kappa shape index (κ2) is 8.02. The maximum absolute atomic E-state index is 11.7. The Kier molecular flexibility index (Phi) is 6.04. The lowest BCUT2D eigenvalue weighted by Gasteiger charge is -2.10. The Labute approximate surface area is 147 Å². The van der Waals surface area contributed by atoms with Crippen LogP contribution in [-0.2, 0) is 5.75 Å². The Hall–Kier alpha value is -2.26. The average molecular weight is 367 g/mol. The monoisotopic (exact) mass is 367 g/mol. The minimum Gasteiger partial charge on any atom is -0.497 e. The first-order chi connectivity index (χ1) is 11.4. The van der Waals surface area contributed by atoms with E-state index in [1.165, 1.54) is 16.7 Å². The summed E-state index contributed by atoms with van der Waals surface area (Å²) in [4.78, 5) is 24.6. The van der Waals surface area contributed by atoms with Gasteiger partial charge in [-0.15, -0.1) is 0 Å². The lowest BCUT2D eigenvalue weighted by Crippen LogP contribution is -2.27. The molecule has 0 aliphatic carbocycles. The van der Waals surface area contributed by atoms with Gasteiger partial charge in [-0.05, 0) is 29.2 Å². The molecule has 0 saturated heterocycles. The van der Waals surface area contributed by atoms with E-state index in [1.807, 2.05) is 24.3 Å². The van der Waals surface area contributed by atoms with Crippen molar-refractivity contribution in [2.75, 3.05) is 26.5 Å². The number of nitrogens with one attached hydrogen (secondary N) is 1. The van der Waals surface area contributed by atoms with Crippen molar-refractivity contribution in [3.63, 3.8) is 0 Å². The molecule has 0 radical (unpaired) electrons. The van der Waals surface area contributed by atoms with Crippen LogP contribution in [-0.4, -0.2) is 47.6 Å². The van der Waals surface area contributed by atoms with Crippen molar-refractivity contribution in [2.24, 2.45) is 0 Å². The zero-order valence-corrected chi connectivity index (χ0v) is 15.0. The fraction of sp³-hybridized carbons (Fsp3) is 0.267. The minimum atomic E-state index is -1.12. The number of carboxylic acids is 1. The fourth-order valence-corrected chi connectivity index (χ4v) is 3.62. The molecule has 128 valence electrons. The van der Waals surface area contributed by atoms with Gasteiger partial charge in [0.05, 0.1) is 7.11 Å². The van der Waals surface area contributed by atoms with Crippen LogP contribution < -0.4 is 10.1 Å². The molecular formula is C15H17N3O4S2. The quantitative estimate of drug-likeness (QED) is 0.762. The molecule has 0 fully saturated rings. The number of rotatable bonds is 6. The van der Waals surface area contributed by atoms with Gasteiger partial charge in [0.2, 0.25) is 0 Å². The zero-order valence-electron chi connectivity index (χ0n) is 13.4. The van der Waals surface area contributed by atoms with Gasteiger partial charge >= 0.3 is 12.0 Å². The summed E-state index contributed by atoms with van der Waals surface area (Å²) >= 11 is 2.27. The van der Waals surface area contributed by atoms with E-state index in [0.717, 1.165) is 22.8 Å². The number of hydrogen-bond acceptors (Lipinski definition) is 6. The number of aromatic carboxylic acids is 1. The summed E-state index contributed by atoms with van der Waals surface area (Å²) < 4.78 is 9.27. The molecule has 2 amide bonds. The highest BCUT2D eigenvalue weighted by Crippen LogP contribution is 2.34. The van der Waals surface area contributed by atoms with Gasteiger partial charge in [-0.2, -0.15) is 4.37 Å². The molecule has 0 saturated carbocycles. The number of urea groups is 1. The molecule has 0 spiro atoms. The van der Waals surface area contributed by atoms with Gasteiger partial charge in [0, 0.05) is 19.8 Å². The van der Waals surface area contributed by atoms with Gasteiger partial charge in [-0.25, -0.2) is 9.59 Å². The highest BCUT2D eigenvalue weighted by atomic mass is 32.2.